The lowest BCUT2D eigenvalue weighted by Crippen LogP contribution is -2.53. The molecular weight excluding hydrogens is 146 g/mol. The van der Waals surface area contributed by atoms with Crippen molar-refractivity contribution >= 4 is 0 Å². The number of allylic oxidation sites excluding steroid dienone is 1. The van der Waals surface area contributed by atoms with Crippen LogP contribution in [-0.4, -0.2) is 25.0 Å². The molecule has 1 rings (SSSR count). The van der Waals surface area contributed by atoms with Crippen LogP contribution in [0.5, 0.6) is 0 Å². The fourth-order valence-corrected chi connectivity index (χ4v) is 2.16. The van der Waals surface area contributed by atoms with Gasteiger partial charge in [-0.1, -0.05) is 25.0 Å². The van der Waals surface area contributed by atoms with Gasteiger partial charge in [0.2, 0.25) is 0 Å². The van der Waals surface area contributed by atoms with Crippen LogP contribution in [0.15, 0.2) is 11.1 Å². The highest BCUT2D eigenvalue weighted by Gasteiger charge is 2.38. The zero-order chi connectivity index (χ0) is 9.35. The van der Waals surface area contributed by atoms with Crippen LogP contribution < -0.4 is 0 Å². The fraction of sp³-hybridized carbons (Fsp3) is 0.818. The normalized spacial score (nSPS) is 24.8. The third-order valence-corrected chi connectivity index (χ3v) is 3.31. The van der Waals surface area contributed by atoms with Crippen LogP contribution in [0.2, 0.25) is 0 Å². The van der Waals surface area contributed by atoms with Gasteiger partial charge in [0.15, 0.2) is 0 Å². The second kappa shape index (κ2) is 3.21. The Bertz CT molecular complexity index is 197. The molecule has 1 heterocycles. The summed E-state index contributed by atoms with van der Waals surface area (Å²) in [6, 6.07) is 0. The van der Waals surface area contributed by atoms with Gasteiger partial charge in [-0.3, -0.25) is 0 Å². The van der Waals surface area contributed by atoms with Crippen molar-refractivity contribution in [3.63, 3.8) is 0 Å². The number of hydrogen-bond donors (Lipinski definition) is 0. The average Bonchev–Trinajstić information content (AvgIpc) is 1.99. The van der Waals surface area contributed by atoms with Gasteiger partial charge in [0.05, 0.1) is 0 Å². The Morgan fingerprint density at radius 3 is 2.17 bits per heavy atom. The first-order valence-electron chi connectivity index (χ1n) is 4.85. The van der Waals surface area contributed by atoms with E-state index in [1.54, 1.807) is 11.1 Å². The van der Waals surface area contributed by atoms with Crippen molar-refractivity contribution in [1.82, 2.24) is 4.90 Å². The van der Waals surface area contributed by atoms with Gasteiger partial charge in [0.25, 0.3) is 0 Å². The molecule has 0 unspecified atom stereocenters. The van der Waals surface area contributed by atoms with Crippen LogP contribution in [0.25, 0.3) is 0 Å². The van der Waals surface area contributed by atoms with E-state index in [2.05, 4.69) is 39.6 Å². The average molecular weight is 167 g/mol. The fourth-order valence-electron chi connectivity index (χ4n) is 2.16. The molecule has 1 saturated heterocycles. The predicted octanol–water partition coefficient (Wildman–Crippen LogP) is 2.68. The SMILES string of the molecule is CC/C(C)=C(/C)C1(C)CN(C)C1. The van der Waals surface area contributed by atoms with Gasteiger partial charge in [-0.2, -0.15) is 0 Å². The Morgan fingerprint density at radius 1 is 1.33 bits per heavy atom. The second-order valence-corrected chi connectivity index (χ2v) is 4.49. The van der Waals surface area contributed by atoms with Crippen LogP contribution in [-0.2, 0) is 0 Å². The van der Waals surface area contributed by atoms with E-state index in [4.69, 9.17) is 0 Å². The molecule has 0 aromatic carbocycles. The molecule has 1 nitrogen and oxygen atoms in total. The minimum atomic E-state index is 0.481. The summed E-state index contributed by atoms with van der Waals surface area (Å²) in [5.41, 5.74) is 3.67. The maximum Gasteiger partial charge on any atom is 0.0138 e. The van der Waals surface area contributed by atoms with Gasteiger partial charge in [0.1, 0.15) is 0 Å². The molecule has 0 radical (unpaired) electrons. The lowest BCUT2D eigenvalue weighted by atomic mass is 9.74. The van der Waals surface area contributed by atoms with Crippen molar-refractivity contribution in [1.29, 1.82) is 0 Å². The van der Waals surface area contributed by atoms with E-state index in [0.717, 1.165) is 0 Å². The lowest BCUT2D eigenvalue weighted by Gasteiger charge is -2.48. The molecule has 0 atom stereocenters. The molecule has 0 aromatic rings. The molecular formula is C11H21N. The summed E-state index contributed by atoms with van der Waals surface area (Å²) >= 11 is 0. The van der Waals surface area contributed by atoms with E-state index in [9.17, 15) is 0 Å². The Morgan fingerprint density at radius 2 is 1.83 bits per heavy atom. The lowest BCUT2D eigenvalue weighted by molar-refractivity contribution is 0.0714. The van der Waals surface area contributed by atoms with Gasteiger partial charge in [0, 0.05) is 18.5 Å². The molecule has 0 bridgehead atoms. The first-order chi connectivity index (χ1) is 5.49. The maximum absolute atomic E-state index is 2.38. The molecule has 0 N–H and O–H groups in total. The molecule has 1 fully saturated rings. The minimum absolute atomic E-state index is 0.481. The molecule has 12 heavy (non-hydrogen) atoms. The van der Waals surface area contributed by atoms with Crippen molar-refractivity contribution in [3.05, 3.63) is 11.1 Å². The second-order valence-electron chi connectivity index (χ2n) is 4.49. The quantitative estimate of drug-likeness (QED) is 0.572. The van der Waals surface area contributed by atoms with E-state index >= 15 is 0 Å². The Balaban J connectivity index is 2.71. The standard InChI is InChI=1S/C11H21N/c1-6-9(2)10(3)11(4)7-12(5)8-11/h6-8H2,1-5H3/b10-9-. The van der Waals surface area contributed by atoms with E-state index in [-0.39, 0.29) is 0 Å². The summed E-state index contributed by atoms with van der Waals surface area (Å²) in [6.07, 6.45) is 1.20. The van der Waals surface area contributed by atoms with Crippen molar-refractivity contribution in [2.75, 3.05) is 20.1 Å². The van der Waals surface area contributed by atoms with Crippen molar-refractivity contribution < 1.29 is 0 Å². The van der Waals surface area contributed by atoms with Gasteiger partial charge in [-0.05, 0) is 27.3 Å². The summed E-state index contributed by atoms with van der Waals surface area (Å²) in [4.78, 5) is 2.38. The Labute approximate surface area is 76.5 Å². The largest absolute Gasteiger partial charge is 0.305 e. The third kappa shape index (κ3) is 1.56. The van der Waals surface area contributed by atoms with Gasteiger partial charge in [-0.25, -0.2) is 0 Å². The van der Waals surface area contributed by atoms with Crippen LogP contribution in [0, 0.1) is 5.41 Å². The van der Waals surface area contributed by atoms with Crippen molar-refractivity contribution in [2.24, 2.45) is 5.41 Å². The molecule has 1 aliphatic heterocycles. The minimum Gasteiger partial charge on any atom is -0.305 e. The number of hydrogen-bond acceptors (Lipinski definition) is 1. The van der Waals surface area contributed by atoms with Crippen LogP contribution in [0.4, 0.5) is 0 Å². The number of rotatable bonds is 2. The summed E-state index contributed by atoms with van der Waals surface area (Å²) < 4.78 is 0. The topological polar surface area (TPSA) is 3.24 Å². The molecule has 0 amide bonds. The van der Waals surface area contributed by atoms with E-state index in [0.29, 0.717) is 5.41 Å². The molecule has 1 heteroatoms. The first-order valence-corrected chi connectivity index (χ1v) is 4.85. The van der Waals surface area contributed by atoms with Crippen LogP contribution in [0.3, 0.4) is 0 Å². The van der Waals surface area contributed by atoms with E-state index < -0.39 is 0 Å². The van der Waals surface area contributed by atoms with Crippen LogP contribution >= 0.6 is 0 Å². The molecule has 0 aromatic heterocycles. The van der Waals surface area contributed by atoms with Crippen molar-refractivity contribution in [2.45, 2.75) is 34.1 Å². The molecule has 0 spiro atoms. The zero-order valence-corrected chi connectivity index (χ0v) is 9.07. The molecule has 70 valence electrons. The summed E-state index contributed by atoms with van der Waals surface area (Å²) in [6.45, 7) is 11.6. The smallest absolute Gasteiger partial charge is 0.0138 e. The number of likely N-dealkylation sites (tertiary alicyclic amines) is 1. The van der Waals surface area contributed by atoms with Crippen LogP contribution in [0.1, 0.15) is 34.1 Å². The monoisotopic (exact) mass is 167 g/mol. The molecule has 1 aliphatic rings. The van der Waals surface area contributed by atoms with Gasteiger partial charge < -0.3 is 4.90 Å². The van der Waals surface area contributed by atoms with E-state index in [1.165, 1.54) is 19.5 Å². The van der Waals surface area contributed by atoms with E-state index in [1.807, 2.05) is 0 Å². The highest BCUT2D eigenvalue weighted by atomic mass is 15.2. The van der Waals surface area contributed by atoms with Gasteiger partial charge >= 0.3 is 0 Å². The summed E-state index contributed by atoms with van der Waals surface area (Å²) in [7, 11) is 2.19. The number of nitrogens with zero attached hydrogens (tertiary/aromatic N) is 1. The van der Waals surface area contributed by atoms with Crippen molar-refractivity contribution in [3.8, 4) is 0 Å². The highest BCUT2D eigenvalue weighted by Crippen LogP contribution is 2.37. The third-order valence-electron chi connectivity index (χ3n) is 3.31. The Hall–Kier alpha value is -0.300. The predicted molar refractivity (Wildman–Crippen MR) is 54.3 cm³/mol. The molecule has 0 saturated carbocycles. The zero-order valence-electron chi connectivity index (χ0n) is 9.07. The maximum atomic E-state index is 2.38. The summed E-state index contributed by atoms with van der Waals surface area (Å²) in [5, 5.41) is 0. The van der Waals surface area contributed by atoms with Gasteiger partial charge in [-0.15, -0.1) is 0 Å². The summed E-state index contributed by atoms with van der Waals surface area (Å²) in [5.74, 6) is 0. The highest BCUT2D eigenvalue weighted by molar-refractivity contribution is 5.22. The first kappa shape index (κ1) is 9.79. The Kier molecular flexibility index (Phi) is 2.62. The molecule has 0 aliphatic carbocycles.